The maximum Gasteiger partial charge on any atom is 0.287 e. The van der Waals surface area contributed by atoms with Gasteiger partial charge < -0.3 is 10.4 Å². The van der Waals surface area contributed by atoms with E-state index in [0.29, 0.717) is 24.7 Å². The van der Waals surface area contributed by atoms with E-state index in [9.17, 15) is 9.90 Å². The molecule has 0 saturated carbocycles. The molecule has 0 aliphatic carbocycles. The van der Waals surface area contributed by atoms with Gasteiger partial charge in [-0.1, -0.05) is 39.3 Å². The number of halogens is 1. The number of aliphatic hydroxyl groups is 1. The highest BCUT2D eigenvalue weighted by molar-refractivity contribution is 6.32. The molecule has 1 rings (SSSR count). The van der Waals surface area contributed by atoms with Gasteiger partial charge in [0.1, 0.15) is 5.02 Å². The van der Waals surface area contributed by atoms with Crippen LogP contribution in [0.5, 0.6) is 0 Å². The number of rotatable bonds is 6. The second kappa shape index (κ2) is 6.91. The number of hydrogen-bond donors (Lipinski definition) is 2. The fraction of sp³-hybridized carbons (Fsp3) is 0.692. The smallest absolute Gasteiger partial charge is 0.287 e. The number of nitrogens with one attached hydrogen (secondary N) is 1. The Balaban J connectivity index is 2.82. The summed E-state index contributed by atoms with van der Waals surface area (Å²) in [6.45, 7) is 8.74. The second-order valence-corrected chi connectivity index (χ2v) is 5.82. The van der Waals surface area contributed by atoms with Gasteiger partial charge in [0.25, 0.3) is 5.56 Å². The van der Waals surface area contributed by atoms with Gasteiger partial charge in [0.05, 0.1) is 18.0 Å². The lowest BCUT2D eigenvalue weighted by Crippen LogP contribution is -2.28. The third-order valence-electron chi connectivity index (χ3n) is 2.79. The molecule has 0 aliphatic heterocycles. The molecule has 0 amide bonds. The van der Waals surface area contributed by atoms with Crippen molar-refractivity contribution < 1.29 is 5.11 Å². The Bertz CT molecular complexity index is 471. The summed E-state index contributed by atoms with van der Waals surface area (Å²) in [5.74, 6) is 0.461. The highest BCUT2D eigenvalue weighted by Crippen LogP contribution is 2.16. The Hall–Kier alpha value is -1.07. The molecule has 0 aliphatic rings. The van der Waals surface area contributed by atoms with Crippen LogP contribution in [0.4, 0.5) is 5.69 Å². The minimum atomic E-state index is -0.492. The minimum Gasteiger partial charge on any atom is -0.391 e. The van der Waals surface area contributed by atoms with E-state index in [4.69, 9.17) is 11.6 Å². The predicted molar refractivity (Wildman–Crippen MR) is 77.7 cm³/mol. The van der Waals surface area contributed by atoms with Gasteiger partial charge in [-0.3, -0.25) is 4.79 Å². The summed E-state index contributed by atoms with van der Waals surface area (Å²) in [6.07, 6.45) is 1.04. The molecule has 2 N–H and O–H groups in total. The van der Waals surface area contributed by atoms with Crippen LogP contribution < -0.4 is 10.9 Å². The summed E-state index contributed by atoms with van der Waals surface area (Å²) < 4.78 is 1.36. The molecule has 19 heavy (non-hydrogen) atoms. The van der Waals surface area contributed by atoms with Crippen LogP contribution in [0.25, 0.3) is 0 Å². The molecule has 1 aromatic heterocycles. The zero-order valence-electron chi connectivity index (χ0n) is 11.9. The van der Waals surface area contributed by atoms with Crippen molar-refractivity contribution in [2.45, 2.75) is 40.3 Å². The van der Waals surface area contributed by atoms with Crippen molar-refractivity contribution in [2.75, 3.05) is 11.9 Å². The van der Waals surface area contributed by atoms with Gasteiger partial charge in [0.15, 0.2) is 0 Å². The normalized spacial score (nSPS) is 13.1. The monoisotopic (exact) mass is 287 g/mol. The molecule has 1 aromatic rings. The SMILES string of the molecule is CC(C)Cn1ncc(NCC(O)C(C)C)c(Cl)c1=O. The van der Waals surface area contributed by atoms with Gasteiger partial charge in [0, 0.05) is 13.1 Å². The average Bonchev–Trinajstić information content (AvgIpc) is 2.33. The van der Waals surface area contributed by atoms with E-state index in [-0.39, 0.29) is 16.5 Å². The van der Waals surface area contributed by atoms with Gasteiger partial charge in [-0.2, -0.15) is 5.10 Å². The largest absolute Gasteiger partial charge is 0.391 e. The number of anilines is 1. The van der Waals surface area contributed by atoms with Crippen molar-refractivity contribution in [3.63, 3.8) is 0 Å². The van der Waals surface area contributed by atoms with Crippen molar-refractivity contribution in [2.24, 2.45) is 11.8 Å². The Labute approximate surface area is 118 Å². The van der Waals surface area contributed by atoms with Gasteiger partial charge >= 0.3 is 0 Å². The van der Waals surface area contributed by atoms with E-state index >= 15 is 0 Å². The Kier molecular flexibility index (Phi) is 5.82. The summed E-state index contributed by atoms with van der Waals surface area (Å²) in [6, 6.07) is 0. The molecular weight excluding hydrogens is 266 g/mol. The molecule has 0 radical (unpaired) electrons. The fourth-order valence-corrected chi connectivity index (χ4v) is 1.73. The second-order valence-electron chi connectivity index (χ2n) is 5.45. The quantitative estimate of drug-likeness (QED) is 0.839. The van der Waals surface area contributed by atoms with E-state index in [1.807, 2.05) is 27.7 Å². The highest BCUT2D eigenvalue weighted by Gasteiger charge is 2.13. The first-order chi connectivity index (χ1) is 8.82. The van der Waals surface area contributed by atoms with Gasteiger partial charge in [-0.25, -0.2) is 4.68 Å². The van der Waals surface area contributed by atoms with E-state index in [0.717, 1.165) is 0 Å². The third-order valence-corrected chi connectivity index (χ3v) is 3.16. The predicted octanol–water partition coefficient (Wildman–Crippen LogP) is 1.98. The molecule has 0 aromatic carbocycles. The molecule has 5 nitrogen and oxygen atoms in total. The van der Waals surface area contributed by atoms with Gasteiger partial charge in [0.2, 0.25) is 0 Å². The molecule has 0 fully saturated rings. The van der Waals surface area contributed by atoms with E-state index < -0.39 is 6.10 Å². The maximum atomic E-state index is 12.0. The lowest BCUT2D eigenvalue weighted by Gasteiger charge is -2.16. The van der Waals surface area contributed by atoms with Crippen molar-refractivity contribution in [1.82, 2.24) is 9.78 Å². The average molecular weight is 288 g/mol. The standard InChI is InChI=1S/C13H22ClN3O2/c1-8(2)7-17-13(19)12(14)10(5-16-17)15-6-11(18)9(3)4/h5,8-9,11,15,18H,6-7H2,1-4H3. The van der Waals surface area contributed by atoms with Crippen LogP contribution in [0.15, 0.2) is 11.0 Å². The fourth-order valence-electron chi connectivity index (χ4n) is 1.51. The Morgan fingerprint density at radius 3 is 2.58 bits per heavy atom. The van der Waals surface area contributed by atoms with Crippen LogP contribution in [-0.4, -0.2) is 27.5 Å². The lowest BCUT2D eigenvalue weighted by molar-refractivity contribution is 0.138. The molecular formula is C13H22ClN3O2. The molecule has 0 bridgehead atoms. The van der Waals surface area contributed by atoms with Gasteiger partial charge in [-0.05, 0) is 11.8 Å². The summed E-state index contributed by atoms with van der Waals surface area (Å²) in [4.78, 5) is 12.0. The van der Waals surface area contributed by atoms with Crippen LogP contribution in [0.1, 0.15) is 27.7 Å². The summed E-state index contributed by atoms with van der Waals surface area (Å²) in [7, 11) is 0. The van der Waals surface area contributed by atoms with E-state index in [1.165, 1.54) is 10.9 Å². The van der Waals surface area contributed by atoms with Crippen LogP contribution in [0, 0.1) is 11.8 Å². The molecule has 1 heterocycles. The van der Waals surface area contributed by atoms with E-state index in [1.54, 1.807) is 0 Å². The summed E-state index contributed by atoms with van der Waals surface area (Å²) in [5, 5.41) is 16.9. The molecule has 0 saturated heterocycles. The van der Waals surface area contributed by atoms with Gasteiger partial charge in [-0.15, -0.1) is 0 Å². The molecule has 1 atom stereocenters. The Morgan fingerprint density at radius 1 is 1.42 bits per heavy atom. The lowest BCUT2D eigenvalue weighted by atomic mass is 10.1. The molecule has 1 unspecified atom stereocenters. The number of aliphatic hydroxyl groups excluding tert-OH is 1. The first kappa shape index (κ1) is 16.0. The van der Waals surface area contributed by atoms with Crippen molar-refractivity contribution in [3.8, 4) is 0 Å². The topological polar surface area (TPSA) is 67.2 Å². The molecule has 108 valence electrons. The summed E-state index contributed by atoms with van der Waals surface area (Å²) in [5.41, 5.74) is 0.158. The van der Waals surface area contributed by atoms with Crippen LogP contribution in [0.2, 0.25) is 5.02 Å². The Morgan fingerprint density at radius 2 is 2.05 bits per heavy atom. The first-order valence-electron chi connectivity index (χ1n) is 6.50. The van der Waals surface area contributed by atoms with Crippen LogP contribution in [-0.2, 0) is 6.54 Å². The molecule has 0 spiro atoms. The maximum absolute atomic E-state index is 12.0. The number of nitrogens with zero attached hydrogens (tertiary/aromatic N) is 2. The van der Waals surface area contributed by atoms with Crippen LogP contribution in [0.3, 0.4) is 0 Å². The third kappa shape index (κ3) is 4.51. The minimum absolute atomic E-state index is 0.117. The molecule has 6 heteroatoms. The number of aromatic nitrogens is 2. The first-order valence-corrected chi connectivity index (χ1v) is 6.88. The zero-order chi connectivity index (χ0) is 14.6. The van der Waals surface area contributed by atoms with Crippen molar-refractivity contribution in [3.05, 3.63) is 21.6 Å². The van der Waals surface area contributed by atoms with E-state index in [2.05, 4.69) is 10.4 Å². The van der Waals surface area contributed by atoms with Crippen molar-refractivity contribution >= 4 is 17.3 Å². The zero-order valence-corrected chi connectivity index (χ0v) is 12.6. The van der Waals surface area contributed by atoms with Crippen LogP contribution >= 0.6 is 11.6 Å². The highest BCUT2D eigenvalue weighted by atomic mass is 35.5. The summed E-state index contributed by atoms with van der Waals surface area (Å²) >= 11 is 6.03. The number of hydrogen-bond acceptors (Lipinski definition) is 4. The van der Waals surface area contributed by atoms with Crippen molar-refractivity contribution in [1.29, 1.82) is 0 Å².